The molecule has 1 aromatic heterocycles. The van der Waals surface area contributed by atoms with Crippen molar-refractivity contribution in [3.05, 3.63) is 41.7 Å². The lowest BCUT2D eigenvalue weighted by Gasteiger charge is -2.52. The zero-order valence-electron chi connectivity index (χ0n) is 19.7. The van der Waals surface area contributed by atoms with Gasteiger partial charge in [-0.25, -0.2) is 9.97 Å². The van der Waals surface area contributed by atoms with Crippen LogP contribution in [-0.4, -0.2) is 54.8 Å². The van der Waals surface area contributed by atoms with E-state index in [1.165, 1.54) is 6.07 Å². The van der Waals surface area contributed by atoms with Crippen LogP contribution in [0.15, 0.2) is 30.6 Å². The zero-order chi connectivity index (χ0) is 26.1. The summed E-state index contributed by atoms with van der Waals surface area (Å²) in [5, 5.41) is 22.2. The highest BCUT2D eigenvalue weighted by Gasteiger charge is 2.69. The lowest BCUT2D eigenvalue weighted by atomic mass is 9.49. The lowest BCUT2D eigenvalue weighted by Crippen LogP contribution is -2.71. The van der Waals surface area contributed by atoms with Gasteiger partial charge < -0.3 is 15.9 Å². The number of rotatable bonds is 3. The van der Waals surface area contributed by atoms with Crippen molar-refractivity contribution >= 4 is 29.0 Å². The van der Waals surface area contributed by atoms with E-state index in [1.807, 2.05) is 0 Å². The maximum Gasteiger partial charge on any atom is 0.235 e. The number of benzene rings is 1. The van der Waals surface area contributed by atoms with Crippen molar-refractivity contribution in [3.8, 4) is 17.1 Å². The Morgan fingerprint density at radius 1 is 1.11 bits per heavy atom. The molecule has 6 atom stereocenters. The smallest absolute Gasteiger partial charge is 0.235 e. The molecule has 0 saturated heterocycles. The summed E-state index contributed by atoms with van der Waals surface area (Å²) in [6.07, 6.45) is 3.27. The average molecular weight is 492 g/mol. The van der Waals surface area contributed by atoms with Crippen molar-refractivity contribution in [3.63, 3.8) is 0 Å². The molecule has 2 aromatic rings. The topological polar surface area (TPSA) is 178 Å². The Hall–Kier alpha value is -3.79. The number of hydrogen-bond donors (Lipinski definition) is 3. The second kappa shape index (κ2) is 8.12. The number of phenolic OH excluding ortho intramolecular Hbond substituents is 1. The van der Waals surface area contributed by atoms with Crippen LogP contribution in [0.1, 0.15) is 36.2 Å². The van der Waals surface area contributed by atoms with Gasteiger partial charge in [-0.3, -0.25) is 24.0 Å². The van der Waals surface area contributed by atoms with Crippen LogP contribution >= 0.6 is 0 Å². The van der Waals surface area contributed by atoms with Gasteiger partial charge in [0.15, 0.2) is 40.5 Å². The molecule has 3 aliphatic carbocycles. The monoisotopic (exact) mass is 491 g/mol. The summed E-state index contributed by atoms with van der Waals surface area (Å²) >= 11 is 0. The number of nitrogens with two attached hydrogens (primary N) is 1. The molecule has 10 nitrogen and oxygen atoms in total. The Balaban J connectivity index is 1.66. The summed E-state index contributed by atoms with van der Waals surface area (Å²) < 4.78 is 0. The van der Waals surface area contributed by atoms with Gasteiger partial charge in [-0.15, -0.1) is 0 Å². The van der Waals surface area contributed by atoms with Crippen molar-refractivity contribution in [2.75, 3.05) is 0 Å². The van der Waals surface area contributed by atoms with Gasteiger partial charge in [0.2, 0.25) is 5.91 Å². The van der Waals surface area contributed by atoms with Gasteiger partial charge in [-0.2, -0.15) is 0 Å². The molecule has 1 heterocycles. The number of aromatic nitrogens is 2. The molecule has 5 rings (SSSR count). The highest BCUT2D eigenvalue weighted by molar-refractivity contribution is 6.32. The van der Waals surface area contributed by atoms with Crippen molar-refractivity contribution in [2.45, 2.75) is 32.3 Å². The second-order valence-corrected chi connectivity index (χ2v) is 10.2. The SMILES string of the molecule is CC(C)[C@@H]1C(=O)C(C(N)=O)C(=O)[C@@]2(O)C(=O)C3C(=O)c4c(O)ccc(-c5ncccn5)c4C[C@H]3C[C@@H]12. The standard InChI is InChI=1S/C26H25N3O7/c1-10(2)16-14-9-11-8-13-12(25-28-6-3-7-29-25)4-5-15(30)18(13)21(32)17(11)22(33)26(14,36)23(34)19(20(16)31)24(27)35/h3-7,10-11,14,16-17,19,30,36H,8-9H2,1-2H3,(H2,27,35)/t11-,14-,16-,17?,19?,26-/m0/s1. The van der Waals surface area contributed by atoms with Gasteiger partial charge in [-0.1, -0.05) is 13.8 Å². The first kappa shape index (κ1) is 23.9. The Morgan fingerprint density at radius 2 is 1.78 bits per heavy atom. The third-order valence-electron chi connectivity index (χ3n) is 8.00. The predicted octanol–water partition coefficient (Wildman–Crippen LogP) is 0.666. The van der Waals surface area contributed by atoms with E-state index in [1.54, 1.807) is 38.4 Å². The van der Waals surface area contributed by atoms with Gasteiger partial charge in [-0.05, 0) is 48.4 Å². The number of carbonyl (C=O) groups excluding carboxylic acids is 5. The molecule has 2 fully saturated rings. The van der Waals surface area contributed by atoms with E-state index in [4.69, 9.17) is 5.73 Å². The molecule has 1 amide bonds. The molecule has 3 aliphatic rings. The number of aliphatic hydroxyl groups is 1. The quantitative estimate of drug-likeness (QED) is 0.520. The summed E-state index contributed by atoms with van der Waals surface area (Å²) in [6, 6.07) is 4.55. The van der Waals surface area contributed by atoms with Gasteiger partial charge in [0, 0.05) is 29.8 Å². The molecular formula is C26H25N3O7. The first-order valence-electron chi connectivity index (χ1n) is 11.8. The minimum Gasteiger partial charge on any atom is -0.507 e. The van der Waals surface area contributed by atoms with E-state index in [2.05, 4.69) is 9.97 Å². The molecular weight excluding hydrogens is 466 g/mol. The number of nitrogens with zero attached hydrogens (tertiary/aromatic N) is 2. The molecule has 0 spiro atoms. The number of ketones is 4. The maximum absolute atomic E-state index is 13.8. The van der Waals surface area contributed by atoms with Crippen LogP contribution in [0.4, 0.5) is 0 Å². The van der Waals surface area contributed by atoms with Crippen LogP contribution in [0.3, 0.4) is 0 Å². The number of carbonyl (C=O) groups is 5. The molecule has 2 saturated carbocycles. The van der Waals surface area contributed by atoms with Gasteiger partial charge in [0.1, 0.15) is 5.75 Å². The van der Waals surface area contributed by atoms with Crippen molar-refractivity contribution < 1.29 is 34.2 Å². The predicted molar refractivity (Wildman–Crippen MR) is 123 cm³/mol. The molecule has 0 aliphatic heterocycles. The van der Waals surface area contributed by atoms with Crippen molar-refractivity contribution in [2.24, 2.45) is 41.2 Å². The normalized spacial score (nSPS) is 31.6. The summed E-state index contributed by atoms with van der Waals surface area (Å²) in [5.74, 6) is -11.5. The van der Waals surface area contributed by atoms with E-state index in [0.29, 0.717) is 17.0 Å². The molecule has 36 heavy (non-hydrogen) atoms. The van der Waals surface area contributed by atoms with Crippen LogP contribution in [-0.2, 0) is 25.6 Å². The fourth-order valence-corrected chi connectivity index (χ4v) is 6.50. The van der Waals surface area contributed by atoms with Gasteiger partial charge in [0.05, 0.1) is 11.5 Å². The Kier molecular flexibility index (Phi) is 5.40. The van der Waals surface area contributed by atoms with E-state index >= 15 is 0 Å². The van der Waals surface area contributed by atoms with Crippen LogP contribution in [0.5, 0.6) is 5.75 Å². The van der Waals surface area contributed by atoms with Gasteiger partial charge >= 0.3 is 0 Å². The van der Waals surface area contributed by atoms with E-state index in [9.17, 15) is 34.2 Å². The Morgan fingerprint density at radius 3 is 2.39 bits per heavy atom. The fraction of sp³-hybridized carbons (Fsp3) is 0.423. The van der Waals surface area contributed by atoms with Crippen LogP contribution < -0.4 is 5.73 Å². The van der Waals surface area contributed by atoms with Crippen molar-refractivity contribution in [1.29, 1.82) is 0 Å². The minimum absolute atomic E-state index is 0.0225. The average Bonchev–Trinajstić information content (AvgIpc) is 2.81. The molecule has 186 valence electrons. The molecule has 4 N–H and O–H groups in total. The third-order valence-corrected chi connectivity index (χ3v) is 8.00. The van der Waals surface area contributed by atoms with E-state index in [-0.39, 0.29) is 24.2 Å². The highest BCUT2D eigenvalue weighted by atomic mass is 16.3. The fourth-order valence-electron chi connectivity index (χ4n) is 6.50. The second-order valence-electron chi connectivity index (χ2n) is 10.2. The number of fused-ring (bicyclic) bond motifs is 3. The summed E-state index contributed by atoms with van der Waals surface area (Å²) in [7, 11) is 0. The maximum atomic E-state index is 13.8. The highest BCUT2D eigenvalue weighted by Crippen LogP contribution is 2.53. The number of aromatic hydroxyl groups is 1. The van der Waals surface area contributed by atoms with Crippen molar-refractivity contribution in [1.82, 2.24) is 9.97 Å². The Labute approximate surface area is 205 Å². The number of hydrogen-bond acceptors (Lipinski definition) is 9. The zero-order valence-corrected chi connectivity index (χ0v) is 19.7. The minimum atomic E-state index is -2.70. The molecule has 0 bridgehead atoms. The number of amides is 1. The Bertz CT molecular complexity index is 1340. The van der Waals surface area contributed by atoms with Crippen LogP contribution in [0.25, 0.3) is 11.4 Å². The number of Topliss-reactive ketones (excluding diaryl/α,β-unsaturated/α-hetero) is 4. The van der Waals surface area contributed by atoms with Gasteiger partial charge in [0.25, 0.3) is 0 Å². The summed E-state index contributed by atoms with van der Waals surface area (Å²) in [5.41, 5.74) is 3.54. The molecule has 0 radical (unpaired) electrons. The third kappa shape index (κ3) is 3.10. The molecule has 2 unspecified atom stereocenters. The van der Waals surface area contributed by atoms with Crippen LogP contribution in [0.2, 0.25) is 0 Å². The largest absolute Gasteiger partial charge is 0.507 e. The number of primary amides is 1. The van der Waals surface area contributed by atoms with E-state index in [0.717, 1.165) is 0 Å². The lowest BCUT2D eigenvalue weighted by molar-refractivity contribution is -0.182. The summed E-state index contributed by atoms with van der Waals surface area (Å²) in [4.78, 5) is 74.4. The summed E-state index contributed by atoms with van der Waals surface area (Å²) in [6.45, 7) is 3.41. The van der Waals surface area contributed by atoms with Crippen LogP contribution in [0, 0.1) is 35.5 Å². The molecule has 10 heteroatoms. The molecule has 1 aromatic carbocycles. The number of phenols is 1. The van der Waals surface area contributed by atoms with E-state index < -0.39 is 70.1 Å². The first-order valence-corrected chi connectivity index (χ1v) is 11.8. The first-order chi connectivity index (χ1) is 17.0.